The maximum atomic E-state index is 5.96. The van der Waals surface area contributed by atoms with Crippen molar-refractivity contribution in [2.45, 2.75) is 16.0 Å². The summed E-state index contributed by atoms with van der Waals surface area (Å²) in [6, 6.07) is 9.69. The number of thioether (sulfide) groups is 1. The fraction of sp³-hybridized carbons (Fsp3) is 0.333. The van der Waals surface area contributed by atoms with Gasteiger partial charge in [-0.1, -0.05) is 30.0 Å². The number of hydrogen-bond donors (Lipinski definition) is 0. The SMILES string of the molecule is ClC1(Cl)CC1CSc1nnc(-c2ccccc2)o1. The van der Waals surface area contributed by atoms with Gasteiger partial charge in [0.15, 0.2) is 0 Å². The Morgan fingerprint density at radius 2 is 2.00 bits per heavy atom. The van der Waals surface area contributed by atoms with Gasteiger partial charge >= 0.3 is 0 Å². The van der Waals surface area contributed by atoms with Crippen molar-refractivity contribution >= 4 is 35.0 Å². The molecule has 3 nitrogen and oxygen atoms in total. The molecular weight excluding hydrogens is 291 g/mol. The van der Waals surface area contributed by atoms with E-state index >= 15 is 0 Å². The molecule has 1 aliphatic rings. The van der Waals surface area contributed by atoms with E-state index < -0.39 is 4.33 Å². The summed E-state index contributed by atoms with van der Waals surface area (Å²) in [7, 11) is 0. The predicted molar refractivity (Wildman–Crippen MR) is 73.0 cm³/mol. The van der Waals surface area contributed by atoms with Crippen molar-refractivity contribution in [3.8, 4) is 11.5 Å². The van der Waals surface area contributed by atoms with Crippen LogP contribution in [0.25, 0.3) is 11.5 Å². The number of rotatable bonds is 4. The monoisotopic (exact) mass is 300 g/mol. The average Bonchev–Trinajstić information content (AvgIpc) is 2.79. The highest BCUT2D eigenvalue weighted by Gasteiger charge is 2.51. The molecular formula is C12H10Cl2N2OS. The Morgan fingerprint density at radius 3 is 2.67 bits per heavy atom. The largest absolute Gasteiger partial charge is 0.411 e. The van der Waals surface area contributed by atoms with Crippen LogP contribution < -0.4 is 0 Å². The lowest BCUT2D eigenvalue weighted by atomic mass is 10.2. The molecule has 1 unspecified atom stereocenters. The van der Waals surface area contributed by atoms with Crippen LogP contribution in [0.15, 0.2) is 40.0 Å². The predicted octanol–water partition coefficient (Wildman–Crippen LogP) is 4.02. The summed E-state index contributed by atoms with van der Waals surface area (Å²) in [5.41, 5.74) is 0.923. The third kappa shape index (κ3) is 2.66. The van der Waals surface area contributed by atoms with Gasteiger partial charge in [-0.25, -0.2) is 0 Å². The molecule has 2 aromatic rings. The van der Waals surface area contributed by atoms with Gasteiger partial charge < -0.3 is 4.42 Å². The molecule has 1 atom stereocenters. The number of halogens is 2. The first-order valence-corrected chi connectivity index (χ1v) is 7.29. The number of benzene rings is 1. The Kier molecular flexibility index (Phi) is 3.26. The van der Waals surface area contributed by atoms with Gasteiger partial charge in [-0.15, -0.1) is 33.4 Å². The number of hydrogen-bond acceptors (Lipinski definition) is 4. The first-order valence-electron chi connectivity index (χ1n) is 5.55. The van der Waals surface area contributed by atoms with Crippen LogP contribution in [0.2, 0.25) is 0 Å². The van der Waals surface area contributed by atoms with E-state index in [1.54, 1.807) is 0 Å². The van der Waals surface area contributed by atoms with Gasteiger partial charge in [0.2, 0.25) is 5.89 Å². The van der Waals surface area contributed by atoms with Crippen molar-refractivity contribution in [3.63, 3.8) is 0 Å². The highest BCUT2D eigenvalue weighted by Crippen LogP contribution is 2.54. The molecule has 1 heterocycles. The molecule has 3 rings (SSSR count). The van der Waals surface area contributed by atoms with Gasteiger partial charge in [0.05, 0.1) is 0 Å². The van der Waals surface area contributed by atoms with Crippen molar-refractivity contribution in [1.29, 1.82) is 0 Å². The third-order valence-electron chi connectivity index (χ3n) is 2.79. The van der Waals surface area contributed by atoms with Gasteiger partial charge in [-0.05, 0) is 18.6 Å². The van der Waals surface area contributed by atoms with Gasteiger partial charge in [0.1, 0.15) is 4.33 Å². The fourth-order valence-electron chi connectivity index (χ4n) is 1.59. The molecule has 0 bridgehead atoms. The molecule has 1 aromatic heterocycles. The zero-order chi connectivity index (χ0) is 12.6. The Labute approximate surface area is 119 Å². The summed E-state index contributed by atoms with van der Waals surface area (Å²) in [6.07, 6.45) is 0.836. The summed E-state index contributed by atoms with van der Waals surface area (Å²) in [4.78, 5) is 0. The standard InChI is InChI=1S/C12H10Cl2N2OS/c13-12(14)6-9(12)7-18-11-16-15-10(17-11)8-4-2-1-3-5-8/h1-5,9H,6-7H2. The van der Waals surface area contributed by atoms with Crippen LogP contribution in [-0.4, -0.2) is 20.3 Å². The zero-order valence-electron chi connectivity index (χ0n) is 9.35. The normalized spacial score (nSPS) is 20.9. The summed E-state index contributed by atoms with van der Waals surface area (Å²) in [5.74, 6) is 1.67. The van der Waals surface area contributed by atoms with E-state index in [4.69, 9.17) is 27.6 Å². The summed E-state index contributed by atoms with van der Waals surface area (Å²) in [6.45, 7) is 0. The second kappa shape index (κ2) is 4.76. The molecule has 1 aromatic carbocycles. The minimum Gasteiger partial charge on any atom is -0.411 e. The number of alkyl halides is 2. The lowest BCUT2D eigenvalue weighted by Gasteiger charge is -1.96. The van der Waals surface area contributed by atoms with Gasteiger partial charge in [-0.2, -0.15) is 0 Å². The van der Waals surface area contributed by atoms with Crippen LogP contribution in [0, 0.1) is 5.92 Å². The third-order valence-corrected chi connectivity index (χ3v) is 4.70. The van der Waals surface area contributed by atoms with E-state index in [0.29, 0.717) is 17.0 Å². The van der Waals surface area contributed by atoms with Crippen molar-refractivity contribution in [2.24, 2.45) is 5.92 Å². The van der Waals surface area contributed by atoms with Gasteiger partial charge in [0.25, 0.3) is 5.22 Å². The first-order chi connectivity index (χ1) is 8.65. The number of nitrogens with zero attached hydrogens (tertiary/aromatic N) is 2. The molecule has 1 saturated carbocycles. The Bertz CT molecular complexity index is 544. The smallest absolute Gasteiger partial charge is 0.276 e. The van der Waals surface area contributed by atoms with Crippen LogP contribution in [0.4, 0.5) is 0 Å². The molecule has 1 fully saturated rings. The van der Waals surface area contributed by atoms with Crippen LogP contribution in [0.5, 0.6) is 0 Å². The van der Waals surface area contributed by atoms with Crippen molar-refractivity contribution in [1.82, 2.24) is 10.2 Å². The maximum absolute atomic E-state index is 5.96. The molecule has 0 radical (unpaired) electrons. The second-order valence-corrected chi connectivity index (χ2v) is 6.73. The Morgan fingerprint density at radius 1 is 1.28 bits per heavy atom. The minimum absolute atomic E-state index is 0.318. The molecule has 18 heavy (non-hydrogen) atoms. The highest BCUT2D eigenvalue weighted by atomic mass is 35.5. The Hall–Kier alpha value is -0.710. The number of aromatic nitrogens is 2. The van der Waals surface area contributed by atoms with Crippen molar-refractivity contribution in [2.75, 3.05) is 5.75 Å². The van der Waals surface area contributed by atoms with Crippen LogP contribution in [-0.2, 0) is 0 Å². The van der Waals surface area contributed by atoms with E-state index in [1.807, 2.05) is 30.3 Å². The molecule has 0 N–H and O–H groups in total. The topological polar surface area (TPSA) is 38.9 Å². The quantitative estimate of drug-likeness (QED) is 0.631. The van der Waals surface area contributed by atoms with Crippen LogP contribution in [0.3, 0.4) is 0 Å². The molecule has 0 amide bonds. The molecule has 1 aliphatic carbocycles. The van der Waals surface area contributed by atoms with Crippen molar-refractivity contribution < 1.29 is 4.42 Å². The van der Waals surface area contributed by atoms with E-state index in [2.05, 4.69) is 10.2 Å². The van der Waals surface area contributed by atoms with E-state index in [0.717, 1.165) is 17.7 Å². The van der Waals surface area contributed by atoms with Crippen LogP contribution in [0.1, 0.15) is 6.42 Å². The fourth-order valence-corrected chi connectivity index (χ4v) is 3.28. The highest BCUT2D eigenvalue weighted by molar-refractivity contribution is 7.99. The van der Waals surface area contributed by atoms with E-state index in [9.17, 15) is 0 Å². The first kappa shape index (κ1) is 12.3. The minimum atomic E-state index is -0.546. The van der Waals surface area contributed by atoms with E-state index in [-0.39, 0.29) is 0 Å². The maximum Gasteiger partial charge on any atom is 0.276 e. The molecule has 94 valence electrons. The lowest BCUT2D eigenvalue weighted by Crippen LogP contribution is -1.92. The molecule has 0 spiro atoms. The lowest BCUT2D eigenvalue weighted by molar-refractivity contribution is 0.465. The van der Waals surface area contributed by atoms with Crippen LogP contribution >= 0.6 is 35.0 Å². The summed E-state index contributed by atoms with van der Waals surface area (Å²) >= 11 is 13.4. The average molecular weight is 301 g/mol. The van der Waals surface area contributed by atoms with Gasteiger partial charge in [-0.3, -0.25) is 0 Å². The summed E-state index contributed by atoms with van der Waals surface area (Å²) in [5, 5.41) is 8.58. The Balaban J connectivity index is 1.64. The molecule has 0 saturated heterocycles. The second-order valence-electron chi connectivity index (χ2n) is 4.21. The zero-order valence-corrected chi connectivity index (χ0v) is 11.7. The summed E-state index contributed by atoms with van der Waals surface area (Å²) < 4.78 is 5.02. The molecule has 6 heteroatoms. The molecule has 0 aliphatic heterocycles. The van der Waals surface area contributed by atoms with Gasteiger partial charge in [0, 0.05) is 17.2 Å². The van der Waals surface area contributed by atoms with E-state index in [1.165, 1.54) is 11.8 Å². The van der Waals surface area contributed by atoms with Crippen molar-refractivity contribution in [3.05, 3.63) is 30.3 Å².